The quantitative estimate of drug-likeness (QED) is 0.248. The molecule has 1 heterocycles. The summed E-state index contributed by atoms with van der Waals surface area (Å²) in [5, 5.41) is 0.396. The number of benzene rings is 2. The predicted molar refractivity (Wildman–Crippen MR) is 132 cm³/mol. The Labute approximate surface area is 202 Å². The van der Waals surface area contributed by atoms with E-state index in [1.165, 1.54) is 11.8 Å². The smallest absolute Gasteiger partial charge is 0.266 e. The van der Waals surface area contributed by atoms with E-state index in [9.17, 15) is 4.79 Å². The number of carbonyl (C=O) groups is 1. The molecule has 32 heavy (non-hydrogen) atoms. The maximum atomic E-state index is 12.4. The van der Waals surface area contributed by atoms with Crippen molar-refractivity contribution in [3.63, 3.8) is 0 Å². The van der Waals surface area contributed by atoms with Gasteiger partial charge < -0.3 is 18.9 Å². The molecule has 0 radical (unpaired) electrons. The van der Waals surface area contributed by atoms with Gasteiger partial charge in [-0.15, -0.1) is 0 Å². The van der Waals surface area contributed by atoms with Crippen LogP contribution in [0.15, 0.2) is 41.3 Å². The van der Waals surface area contributed by atoms with Crippen LogP contribution in [-0.2, 0) is 4.79 Å². The Morgan fingerprint density at radius 1 is 1.06 bits per heavy atom. The van der Waals surface area contributed by atoms with Crippen molar-refractivity contribution < 1.29 is 23.7 Å². The van der Waals surface area contributed by atoms with E-state index < -0.39 is 0 Å². The van der Waals surface area contributed by atoms with Crippen molar-refractivity contribution in [2.24, 2.45) is 0 Å². The Morgan fingerprint density at radius 2 is 1.75 bits per heavy atom. The highest BCUT2D eigenvalue weighted by Gasteiger charge is 2.30. The summed E-state index contributed by atoms with van der Waals surface area (Å²) >= 11 is 13.0. The molecule has 2 aromatic carbocycles. The summed E-state index contributed by atoms with van der Waals surface area (Å²) in [5.41, 5.74) is 0.732. The van der Waals surface area contributed by atoms with Crippen LogP contribution in [0.3, 0.4) is 0 Å². The van der Waals surface area contributed by atoms with Gasteiger partial charge in [-0.1, -0.05) is 47.7 Å². The van der Waals surface area contributed by atoms with Gasteiger partial charge in [-0.2, -0.15) is 0 Å². The van der Waals surface area contributed by atoms with Crippen molar-refractivity contribution >= 4 is 51.9 Å². The summed E-state index contributed by atoms with van der Waals surface area (Å²) in [6, 6.07) is 11.0. The number of thioether (sulfide) groups is 1. The highest BCUT2D eigenvalue weighted by atomic mass is 35.5. The molecule has 9 heteroatoms. The van der Waals surface area contributed by atoms with Gasteiger partial charge in [0.25, 0.3) is 5.91 Å². The van der Waals surface area contributed by atoms with Gasteiger partial charge in [-0.25, -0.2) is 0 Å². The van der Waals surface area contributed by atoms with Crippen LogP contribution in [0.1, 0.15) is 18.9 Å². The van der Waals surface area contributed by atoms with Gasteiger partial charge in [0, 0.05) is 13.0 Å². The molecule has 1 fully saturated rings. The van der Waals surface area contributed by atoms with Crippen LogP contribution in [0.25, 0.3) is 6.08 Å². The topological polar surface area (TPSA) is 57.2 Å². The van der Waals surface area contributed by atoms with Crippen molar-refractivity contribution in [3.8, 4) is 23.0 Å². The summed E-state index contributed by atoms with van der Waals surface area (Å²) < 4.78 is 22.9. The number of para-hydroxylation sites is 2. The summed E-state index contributed by atoms with van der Waals surface area (Å²) in [7, 11) is 3.15. The molecule has 0 aliphatic carbocycles. The molecular weight excluding hydrogens is 470 g/mol. The SMILES string of the molecule is CCN1C(=O)/C(=C\c2cc(Cl)c(OCCCOc3ccccc3OC)c(OC)c2)SC1=S. The first-order chi connectivity index (χ1) is 15.5. The summed E-state index contributed by atoms with van der Waals surface area (Å²) in [6.07, 6.45) is 2.40. The molecule has 0 unspecified atom stereocenters. The van der Waals surface area contributed by atoms with Crippen molar-refractivity contribution in [2.45, 2.75) is 13.3 Å². The minimum absolute atomic E-state index is 0.104. The van der Waals surface area contributed by atoms with Gasteiger partial charge in [0.15, 0.2) is 23.0 Å². The number of thiocarbonyl (C=S) groups is 1. The number of methoxy groups -OCH3 is 2. The minimum atomic E-state index is -0.104. The number of carbonyl (C=O) groups excluding carboxylic acids is 1. The molecule has 3 rings (SSSR count). The Hall–Kier alpha value is -2.42. The molecule has 2 aromatic rings. The standard InChI is InChI=1S/C23H24ClNO5S2/c1-4-25-22(26)20(32-23(25)31)14-15-12-16(24)21(19(13-15)28-3)30-11-7-10-29-18-9-6-5-8-17(18)27-2/h5-6,8-9,12-14H,4,7,10-11H2,1-3H3/b20-14+. The van der Waals surface area contributed by atoms with Crippen LogP contribution >= 0.6 is 35.6 Å². The third-order valence-electron chi connectivity index (χ3n) is 4.60. The molecule has 1 saturated heterocycles. The monoisotopic (exact) mass is 493 g/mol. The lowest BCUT2D eigenvalue weighted by atomic mass is 10.1. The first kappa shape index (κ1) is 24.2. The summed E-state index contributed by atoms with van der Waals surface area (Å²) in [4.78, 5) is 14.6. The second-order valence-corrected chi connectivity index (χ2v) is 8.74. The number of rotatable bonds is 10. The number of amides is 1. The molecule has 6 nitrogen and oxygen atoms in total. The molecule has 1 aliphatic heterocycles. The molecule has 0 N–H and O–H groups in total. The van der Waals surface area contributed by atoms with E-state index in [2.05, 4.69) is 0 Å². The van der Waals surface area contributed by atoms with Gasteiger partial charge in [0.2, 0.25) is 0 Å². The Morgan fingerprint density at radius 3 is 2.41 bits per heavy atom. The molecule has 0 bridgehead atoms. The Kier molecular flexibility index (Phi) is 8.67. The van der Waals surface area contributed by atoms with Crippen molar-refractivity contribution in [1.29, 1.82) is 0 Å². The summed E-state index contributed by atoms with van der Waals surface area (Å²) in [5.74, 6) is 2.20. The first-order valence-electron chi connectivity index (χ1n) is 10.00. The zero-order valence-corrected chi connectivity index (χ0v) is 20.4. The van der Waals surface area contributed by atoms with Crippen molar-refractivity contribution in [3.05, 3.63) is 51.9 Å². The normalized spacial score (nSPS) is 14.8. The van der Waals surface area contributed by atoms with Crippen LogP contribution in [0.5, 0.6) is 23.0 Å². The molecule has 1 aliphatic rings. The molecule has 0 aromatic heterocycles. The average Bonchev–Trinajstić information content (AvgIpc) is 3.06. The number of nitrogens with zero attached hydrogens (tertiary/aromatic N) is 1. The highest BCUT2D eigenvalue weighted by molar-refractivity contribution is 8.26. The third kappa shape index (κ3) is 5.68. The maximum Gasteiger partial charge on any atom is 0.266 e. The minimum Gasteiger partial charge on any atom is -0.493 e. The largest absolute Gasteiger partial charge is 0.493 e. The van der Waals surface area contributed by atoms with E-state index >= 15 is 0 Å². The van der Waals surface area contributed by atoms with E-state index in [1.54, 1.807) is 37.3 Å². The van der Waals surface area contributed by atoms with Gasteiger partial charge in [0.1, 0.15) is 4.32 Å². The average molecular weight is 494 g/mol. The van der Waals surface area contributed by atoms with Gasteiger partial charge in [-0.05, 0) is 42.8 Å². The van der Waals surface area contributed by atoms with Gasteiger partial charge >= 0.3 is 0 Å². The number of halogens is 1. The van der Waals surface area contributed by atoms with Crippen LogP contribution in [-0.4, -0.2) is 49.1 Å². The molecule has 0 saturated carbocycles. The predicted octanol–water partition coefficient (Wildman–Crippen LogP) is 5.43. The maximum absolute atomic E-state index is 12.4. The zero-order valence-electron chi connectivity index (χ0n) is 18.1. The molecule has 170 valence electrons. The summed E-state index contributed by atoms with van der Waals surface area (Å²) in [6.45, 7) is 3.28. The van der Waals surface area contributed by atoms with Crippen molar-refractivity contribution in [1.82, 2.24) is 4.90 Å². The number of likely N-dealkylation sites (N-methyl/N-ethyl adjacent to an activating group) is 1. The van der Waals surface area contributed by atoms with Crippen LogP contribution < -0.4 is 18.9 Å². The second kappa shape index (κ2) is 11.4. The second-order valence-electron chi connectivity index (χ2n) is 6.66. The molecular formula is C23H24ClNO5S2. The fourth-order valence-corrected chi connectivity index (χ4v) is 4.70. The molecule has 0 atom stereocenters. The lowest BCUT2D eigenvalue weighted by molar-refractivity contribution is -0.121. The number of hydrogen-bond acceptors (Lipinski definition) is 7. The van der Waals surface area contributed by atoms with E-state index in [4.69, 9.17) is 42.8 Å². The lowest BCUT2D eigenvalue weighted by Crippen LogP contribution is -2.27. The fourth-order valence-electron chi connectivity index (χ4n) is 3.04. The third-order valence-corrected chi connectivity index (χ3v) is 6.26. The van der Waals surface area contributed by atoms with Gasteiger partial charge in [0.05, 0.1) is 37.4 Å². The molecule has 1 amide bonds. The Bertz CT molecular complexity index is 1030. The van der Waals surface area contributed by atoms with E-state index in [0.717, 1.165) is 5.56 Å². The van der Waals surface area contributed by atoms with E-state index in [0.29, 0.717) is 63.4 Å². The Balaban J connectivity index is 1.62. The fraction of sp³-hybridized carbons (Fsp3) is 0.304. The highest BCUT2D eigenvalue weighted by Crippen LogP contribution is 2.39. The zero-order chi connectivity index (χ0) is 23.1. The van der Waals surface area contributed by atoms with E-state index in [-0.39, 0.29) is 5.91 Å². The number of hydrogen-bond donors (Lipinski definition) is 0. The molecule has 0 spiro atoms. The van der Waals surface area contributed by atoms with Crippen LogP contribution in [0.4, 0.5) is 0 Å². The first-order valence-corrected chi connectivity index (χ1v) is 11.6. The van der Waals surface area contributed by atoms with Crippen molar-refractivity contribution in [2.75, 3.05) is 34.0 Å². The lowest BCUT2D eigenvalue weighted by Gasteiger charge is -2.14. The van der Waals surface area contributed by atoms with Crippen LogP contribution in [0.2, 0.25) is 5.02 Å². The number of ether oxygens (including phenoxy) is 4. The van der Waals surface area contributed by atoms with E-state index in [1.807, 2.05) is 31.2 Å². The van der Waals surface area contributed by atoms with Gasteiger partial charge in [-0.3, -0.25) is 9.69 Å². The van der Waals surface area contributed by atoms with Crippen LogP contribution in [0, 0.1) is 0 Å².